The predicted molar refractivity (Wildman–Crippen MR) is 96.7 cm³/mol. The van der Waals surface area contributed by atoms with Gasteiger partial charge in [0.15, 0.2) is 6.16 Å². The summed E-state index contributed by atoms with van der Waals surface area (Å²) in [6.07, 6.45) is 0.301. The van der Waals surface area contributed by atoms with Gasteiger partial charge in [-0.05, 0) is 36.0 Å². The maximum Gasteiger partial charge on any atom is 0.424 e. The smallest absolute Gasteiger partial charge is 0.234 e. The zero-order valence-corrected chi connectivity index (χ0v) is 15.4. The first kappa shape index (κ1) is 17.6. The SMILES string of the molecule is Cc1cc(C(C)(C)C)cc(C)c1C(=O)[P+](=O)Cc1ccccc1. The van der Waals surface area contributed by atoms with E-state index >= 15 is 0 Å². The lowest BCUT2D eigenvalue weighted by atomic mass is 9.84. The summed E-state index contributed by atoms with van der Waals surface area (Å²) in [5, 5.41) is 0. The molecule has 0 fully saturated rings. The molecule has 0 aliphatic rings. The van der Waals surface area contributed by atoms with Crippen LogP contribution >= 0.6 is 7.80 Å². The van der Waals surface area contributed by atoms with Crippen molar-refractivity contribution in [1.29, 1.82) is 0 Å². The van der Waals surface area contributed by atoms with Gasteiger partial charge in [0.1, 0.15) is 0 Å². The molecular formula is C20H24O2P+. The third-order valence-corrected chi connectivity index (χ3v) is 5.34. The molecule has 0 aliphatic carbocycles. The third kappa shape index (κ3) is 4.14. The Bertz CT molecular complexity index is 717. The Morgan fingerprint density at radius 1 is 1.00 bits per heavy atom. The third-order valence-electron chi connectivity index (χ3n) is 4.01. The molecule has 3 heteroatoms. The monoisotopic (exact) mass is 327 g/mol. The van der Waals surface area contributed by atoms with Gasteiger partial charge in [0.25, 0.3) is 0 Å². The molecule has 1 unspecified atom stereocenters. The molecule has 0 N–H and O–H groups in total. The first-order valence-electron chi connectivity index (χ1n) is 7.85. The highest BCUT2D eigenvalue weighted by atomic mass is 31.1. The average molecular weight is 327 g/mol. The molecule has 2 aromatic carbocycles. The maximum atomic E-state index is 12.7. The van der Waals surface area contributed by atoms with Crippen LogP contribution < -0.4 is 0 Å². The Balaban J connectivity index is 2.31. The van der Waals surface area contributed by atoms with Gasteiger partial charge in [-0.25, -0.2) is 4.79 Å². The van der Waals surface area contributed by atoms with Crippen molar-refractivity contribution in [2.24, 2.45) is 0 Å². The maximum absolute atomic E-state index is 12.7. The van der Waals surface area contributed by atoms with E-state index in [4.69, 9.17) is 0 Å². The van der Waals surface area contributed by atoms with Gasteiger partial charge in [-0.3, -0.25) is 0 Å². The van der Waals surface area contributed by atoms with E-state index in [1.54, 1.807) is 0 Å². The first-order valence-corrected chi connectivity index (χ1v) is 9.29. The van der Waals surface area contributed by atoms with Crippen LogP contribution in [0.2, 0.25) is 0 Å². The molecule has 0 amide bonds. The van der Waals surface area contributed by atoms with Gasteiger partial charge in [0.2, 0.25) is 0 Å². The molecule has 0 saturated carbocycles. The molecule has 0 heterocycles. The molecule has 0 spiro atoms. The van der Waals surface area contributed by atoms with Crippen LogP contribution in [0.1, 0.15) is 53.4 Å². The van der Waals surface area contributed by atoms with E-state index < -0.39 is 7.80 Å². The van der Waals surface area contributed by atoms with Crippen LogP contribution in [0.15, 0.2) is 42.5 Å². The Kier molecular flexibility index (Phi) is 5.16. The number of benzene rings is 2. The van der Waals surface area contributed by atoms with E-state index in [0.717, 1.165) is 16.7 Å². The van der Waals surface area contributed by atoms with Gasteiger partial charge >= 0.3 is 13.3 Å². The standard InChI is InChI=1S/C20H24O2P/c1-14-11-17(20(3,4)5)12-15(2)18(14)19(21)23(22)13-16-9-7-6-8-10-16/h6-12H,13H2,1-5H3/q+1. The molecule has 0 bridgehead atoms. The van der Waals surface area contributed by atoms with Crippen molar-refractivity contribution in [3.63, 3.8) is 0 Å². The van der Waals surface area contributed by atoms with E-state index in [9.17, 15) is 9.36 Å². The summed E-state index contributed by atoms with van der Waals surface area (Å²) in [5.74, 6) is 0. The van der Waals surface area contributed by atoms with Crippen molar-refractivity contribution in [1.82, 2.24) is 0 Å². The van der Waals surface area contributed by atoms with Crippen LogP contribution in [0.5, 0.6) is 0 Å². The Labute approximate surface area is 139 Å². The molecule has 23 heavy (non-hydrogen) atoms. The van der Waals surface area contributed by atoms with Crippen molar-refractivity contribution in [2.75, 3.05) is 0 Å². The zero-order chi connectivity index (χ0) is 17.2. The Morgan fingerprint density at radius 3 is 2.00 bits per heavy atom. The van der Waals surface area contributed by atoms with Gasteiger partial charge in [-0.15, -0.1) is 0 Å². The van der Waals surface area contributed by atoms with Crippen molar-refractivity contribution >= 4 is 13.3 Å². The summed E-state index contributed by atoms with van der Waals surface area (Å²) < 4.78 is 12.5. The quantitative estimate of drug-likeness (QED) is 0.668. The molecule has 0 radical (unpaired) electrons. The highest BCUT2D eigenvalue weighted by molar-refractivity contribution is 7.63. The summed E-state index contributed by atoms with van der Waals surface area (Å²) in [4.78, 5) is 12.7. The van der Waals surface area contributed by atoms with Crippen LogP contribution in [0.4, 0.5) is 0 Å². The summed E-state index contributed by atoms with van der Waals surface area (Å²) >= 11 is 0. The van der Waals surface area contributed by atoms with Gasteiger partial charge in [0, 0.05) is 5.56 Å². The van der Waals surface area contributed by atoms with Crippen molar-refractivity contribution in [3.8, 4) is 0 Å². The first-order chi connectivity index (χ1) is 10.7. The minimum atomic E-state index is -1.95. The fourth-order valence-electron chi connectivity index (χ4n) is 2.68. The predicted octanol–water partition coefficient (Wildman–Crippen LogP) is 5.77. The highest BCUT2D eigenvalue weighted by Gasteiger charge is 2.33. The van der Waals surface area contributed by atoms with Crippen LogP contribution in [-0.2, 0) is 16.1 Å². The van der Waals surface area contributed by atoms with Crippen LogP contribution in [0, 0.1) is 13.8 Å². The van der Waals surface area contributed by atoms with Crippen LogP contribution in [-0.4, -0.2) is 5.52 Å². The Hall–Kier alpha value is -1.79. The van der Waals surface area contributed by atoms with E-state index in [2.05, 4.69) is 20.8 Å². The van der Waals surface area contributed by atoms with Gasteiger partial charge < -0.3 is 0 Å². The number of hydrogen-bond acceptors (Lipinski definition) is 2. The number of rotatable bonds is 4. The number of carbonyl (C=O) groups excluding carboxylic acids is 1. The van der Waals surface area contributed by atoms with Crippen LogP contribution in [0.25, 0.3) is 0 Å². The molecule has 2 aromatic rings. The molecule has 0 aromatic heterocycles. The minimum Gasteiger partial charge on any atom is -0.234 e. The van der Waals surface area contributed by atoms with E-state index in [1.807, 2.05) is 56.3 Å². The fraction of sp³-hybridized carbons (Fsp3) is 0.350. The van der Waals surface area contributed by atoms with Crippen LogP contribution in [0.3, 0.4) is 0 Å². The van der Waals surface area contributed by atoms with Gasteiger partial charge in [-0.1, -0.05) is 67.8 Å². The van der Waals surface area contributed by atoms with Crippen molar-refractivity contribution in [3.05, 3.63) is 70.3 Å². The zero-order valence-electron chi connectivity index (χ0n) is 14.5. The lowest BCUT2D eigenvalue weighted by Crippen LogP contribution is -2.13. The summed E-state index contributed by atoms with van der Waals surface area (Å²) in [6, 6.07) is 13.6. The summed E-state index contributed by atoms with van der Waals surface area (Å²) in [6.45, 7) is 10.3. The summed E-state index contributed by atoms with van der Waals surface area (Å²) in [7, 11) is -1.95. The molecule has 2 nitrogen and oxygen atoms in total. The van der Waals surface area contributed by atoms with Gasteiger partial charge in [0.05, 0.1) is 5.56 Å². The minimum absolute atomic E-state index is 0.0311. The second-order valence-corrected chi connectivity index (χ2v) is 8.54. The molecule has 1 atom stereocenters. The summed E-state index contributed by atoms with van der Waals surface area (Å²) in [5.41, 5.74) is 4.37. The molecule has 2 rings (SSSR count). The Morgan fingerprint density at radius 2 is 1.52 bits per heavy atom. The molecule has 0 aliphatic heterocycles. The lowest BCUT2D eigenvalue weighted by molar-refractivity contribution is 0.107. The molecule has 120 valence electrons. The number of carbonyl (C=O) groups is 1. The topological polar surface area (TPSA) is 34.1 Å². The fourth-order valence-corrected chi connectivity index (χ4v) is 3.97. The largest absolute Gasteiger partial charge is 0.424 e. The van der Waals surface area contributed by atoms with Crippen molar-refractivity contribution < 1.29 is 9.36 Å². The number of hydrogen-bond donors (Lipinski definition) is 0. The van der Waals surface area contributed by atoms with E-state index in [0.29, 0.717) is 11.7 Å². The van der Waals surface area contributed by atoms with Crippen molar-refractivity contribution in [2.45, 2.75) is 46.2 Å². The lowest BCUT2D eigenvalue weighted by Gasteiger charge is -2.21. The highest BCUT2D eigenvalue weighted by Crippen LogP contribution is 2.35. The van der Waals surface area contributed by atoms with E-state index in [-0.39, 0.29) is 10.9 Å². The van der Waals surface area contributed by atoms with E-state index in [1.165, 1.54) is 5.56 Å². The number of aryl methyl sites for hydroxylation is 2. The second kappa shape index (κ2) is 6.76. The van der Waals surface area contributed by atoms with Gasteiger partial charge in [-0.2, -0.15) is 0 Å². The second-order valence-electron chi connectivity index (χ2n) is 7.06. The molecular weight excluding hydrogens is 303 g/mol. The normalized spacial score (nSPS) is 12.1. The average Bonchev–Trinajstić information content (AvgIpc) is 2.46. The molecule has 0 saturated heterocycles.